The van der Waals surface area contributed by atoms with E-state index >= 15 is 0 Å². The molecule has 4 N–H and O–H groups in total. The van der Waals surface area contributed by atoms with Crippen molar-refractivity contribution in [1.82, 2.24) is 0 Å². The number of hydrogen-bond acceptors (Lipinski definition) is 10. The van der Waals surface area contributed by atoms with Gasteiger partial charge in [-0.2, -0.15) is 0 Å². The van der Waals surface area contributed by atoms with E-state index in [0.717, 1.165) is 81.3 Å². The minimum atomic E-state index is -0.530. The summed E-state index contributed by atoms with van der Waals surface area (Å²) in [7, 11) is 0. The summed E-state index contributed by atoms with van der Waals surface area (Å²) in [5.74, 6) is 2.81. The summed E-state index contributed by atoms with van der Waals surface area (Å²) in [5, 5.41) is 34.7. The first-order valence-electron chi connectivity index (χ1n) is 27.0. The zero-order chi connectivity index (χ0) is 56.3. The van der Waals surface area contributed by atoms with Crippen LogP contribution in [0.1, 0.15) is 151 Å². The molecule has 0 spiro atoms. The van der Waals surface area contributed by atoms with Gasteiger partial charge in [0, 0.05) is 95.0 Å². The van der Waals surface area contributed by atoms with Gasteiger partial charge in [-0.15, -0.1) is 0 Å². The van der Waals surface area contributed by atoms with Crippen LogP contribution in [0.2, 0.25) is 0 Å². The number of non-ortho nitro benzene ring substituents is 2. The van der Waals surface area contributed by atoms with Gasteiger partial charge in [-0.3, -0.25) is 20.2 Å². The Hall–Kier alpha value is -8.14. The van der Waals surface area contributed by atoms with E-state index in [1.807, 2.05) is 24.3 Å². The summed E-state index contributed by atoms with van der Waals surface area (Å²) >= 11 is 0. The van der Waals surface area contributed by atoms with Gasteiger partial charge in [0.2, 0.25) is 0 Å². The highest BCUT2D eigenvalue weighted by atomic mass is 16.6. The number of nitro benzene ring substituents is 2. The zero-order valence-corrected chi connectivity index (χ0v) is 46.7. The van der Waals surface area contributed by atoms with E-state index in [4.69, 9.17) is 18.9 Å². The number of urea groups is 2. The Labute approximate surface area is 457 Å². The molecule has 0 atom stereocenters. The molecule has 1 aliphatic rings. The molecule has 6 aromatic carbocycles. The van der Waals surface area contributed by atoms with Crippen molar-refractivity contribution in [3.8, 4) is 23.0 Å². The van der Waals surface area contributed by atoms with Gasteiger partial charge < -0.3 is 40.2 Å². The number of carbonyl (C=O) groups excluding carboxylic acids is 2. The van der Waals surface area contributed by atoms with Crippen LogP contribution in [0, 0.1) is 20.2 Å². The summed E-state index contributed by atoms with van der Waals surface area (Å²) in [6.45, 7) is 23.1. The molecular weight excluding hydrogens is 989 g/mol. The van der Waals surface area contributed by atoms with Crippen molar-refractivity contribution in [2.45, 2.75) is 131 Å². The molecule has 0 aliphatic heterocycles. The number of hydrogen-bond donors (Lipinski definition) is 4. The molecule has 0 unspecified atom stereocenters. The van der Waals surface area contributed by atoms with Crippen LogP contribution in [-0.4, -0.2) is 48.3 Å². The molecular formula is C62H74N6O10. The lowest BCUT2D eigenvalue weighted by atomic mass is 9.81. The molecule has 4 amide bonds. The molecule has 0 saturated carbocycles. The SMILES string of the molecule is CCCOc1c2cc(NC(=O)Nc3ccc([N+](=O)[O-])cc3)cc1Cc1cc(C(C)(C)C)cc(c1OCCC)Cc1cc(NC(=O)Nc3ccc([N+](=O)[O-])cc3)cc(c1OCCC)Cc1cc(C(C)(C)C)cc(c1OCCC)C2. The van der Waals surface area contributed by atoms with Crippen molar-refractivity contribution < 1.29 is 38.4 Å². The average molecular weight is 1060 g/mol. The van der Waals surface area contributed by atoms with E-state index < -0.39 is 21.9 Å². The summed E-state index contributed by atoms with van der Waals surface area (Å²) in [6.07, 6.45) is 4.38. The standard InChI is InChI=1S/C62H74N6O10/c1-11-23-75-55-39-27-43-35-51(65-59(69)63-49-15-19-53(20-16-49)67(71)72)37-45(57(43)77-25-13-3)29-41-33-48(62(8,9)10)34-42(56(41)76-24-12-2)30-46-38-52(66-60(70)64-50-17-21-54(22-18-50)68(73)74)36-44(58(46)78-26-14-4)28-40(55)32-47(31-39)61(5,6)7/h15-22,31-38H,11-14,23-30H2,1-10H3,(H2,63,65,69)(H2,64,66,70). The van der Waals surface area contributed by atoms with Gasteiger partial charge in [0.15, 0.2) is 0 Å². The third-order valence-electron chi connectivity index (χ3n) is 13.2. The second-order valence-corrected chi connectivity index (χ2v) is 21.9. The van der Waals surface area contributed by atoms with Crippen molar-refractivity contribution in [1.29, 1.82) is 0 Å². The zero-order valence-electron chi connectivity index (χ0n) is 46.7. The van der Waals surface area contributed by atoms with Crippen LogP contribution in [0.3, 0.4) is 0 Å². The topological polar surface area (TPSA) is 205 Å². The summed E-state index contributed by atoms with van der Waals surface area (Å²) in [4.78, 5) is 49.7. The van der Waals surface area contributed by atoms with Gasteiger partial charge in [0.1, 0.15) is 23.0 Å². The number of ether oxygens (including phenoxy) is 4. The third kappa shape index (κ3) is 14.7. The van der Waals surface area contributed by atoms with Crippen molar-refractivity contribution in [2.75, 3.05) is 47.7 Å². The van der Waals surface area contributed by atoms with Crippen LogP contribution in [-0.2, 0) is 36.5 Å². The normalized spacial score (nSPS) is 12.2. The molecule has 8 bridgehead atoms. The molecule has 78 heavy (non-hydrogen) atoms. The van der Waals surface area contributed by atoms with Gasteiger partial charge in [0.05, 0.1) is 36.3 Å². The fourth-order valence-electron chi connectivity index (χ4n) is 9.38. The van der Waals surface area contributed by atoms with E-state index in [0.29, 0.717) is 97.9 Å². The molecule has 0 heterocycles. The Morgan fingerprint density at radius 3 is 0.859 bits per heavy atom. The Morgan fingerprint density at radius 2 is 0.641 bits per heavy atom. The number of nitro groups is 2. The Bertz CT molecular complexity index is 2830. The summed E-state index contributed by atoms with van der Waals surface area (Å²) in [5.41, 5.74) is 10.1. The maximum absolute atomic E-state index is 13.9. The summed E-state index contributed by atoms with van der Waals surface area (Å²) in [6, 6.07) is 26.9. The number of nitrogens with one attached hydrogen (secondary N) is 4. The molecule has 0 fully saturated rings. The smallest absolute Gasteiger partial charge is 0.323 e. The first-order chi connectivity index (χ1) is 37.2. The molecule has 6 aromatic rings. The molecule has 16 nitrogen and oxygen atoms in total. The van der Waals surface area contributed by atoms with Crippen LogP contribution >= 0.6 is 0 Å². The Morgan fingerprint density at radius 1 is 0.410 bits per heavy atom. The highest BCUT2D eigenvalue weighted by Gasteiger charge is 2.28. The number of fused-ring (bicyclic) bond motifs is 8. The molecule has 0 aromatic heterocycles. The minimum absolute atomic E-state index is 0.0891. The molecule has 0 saturated heterocycles. The number of rotatable bonds is 18. The van der Waals surface area contributed by atoms with E-state index in [1.165, 1.54) is 48.5 Å². The molecule has 0 radical (unpaired) electrons. The van der Waals surface area contributed by atoms with Crippen LogP contribution in [0.15, 0.2) is 97.1 Å². The van der Waals surface area contributed by atoms with Crippen LogP contribution in [0.5, 0.6) is 23.0 Å². The first-order valence-corrected chi connectivity index (χ1v) is 27.0. The van der Waals surface area contributed by atoms with Crippen LogP contribution < -0.4 is 40.2 Å². The maximum Gasteiger partial charge on any atom is 0.323 e. The van der Waals surface area contributed by atoms with Crippen molar-refractivity contribution in [3.63, 3.8) is 0 Å². The van der Waals surface area contributed by atoms with Gasteiger partial charge in [0.25, 0.3) is 11.4 Å². The van der Waals surface area contributed by atoms with Gasteiger partial charge in [-0.25, -0.2) is 9.59 Å². The second-order valence-electron chi connectivity index (χ2n) is 21.9. The van der Waals surface area contributed by atoms with Gasteiger partial charge in [-0.1, -0.05) is 93.5 Å². The van der Waals surface area contributed by atoms with Gasteiger partial charge in [-0.05, 0) is 118 Å². The Kier molecular flexibility index (Phi) is 18.7. The van der Waals surface area contributed by atoms with Crippen LogP contribution in [0.4, 0.5) is 43.7 Å². The second kappa shape index (κ2) is 25.3. The minimum Gasteiger partial charge on any atom is -0.493 e. The van der Waals surface area contributed by atoms with E-state index in [-0.39, 0.29) is 22.2 Å². The van der Waals surface area contributed by atoms with Crippen molar-refractivity contribution >= 4 is 46.2 Å². The highest BCUT2D eigenvalue weighted by molar-refractivity contribution is 6.01. The molecule has 7 rings (SSSR count). The van der Waals surface area contributed by atoms with E-state index in [2.05, 4.69) is 115 Å². The average Bonchev–Trinajstić information content (AvgIpc) is 3.37. The largest absolute Gasteiger partial charge is 0.493 e. The number of nitrogens with zero attached hydrogens (tertiary/aromatic N) is 2. The van der Waals surface area contributed by atoms with Crippen molar-refractivity contribution in [3.05, 3.63) is 173 Å². The number of amides is 4. The maximum atomic E-state index is 13.9. The molecule has 1 aliphatic carbocycles. The lowest BCUT2D eigenvalue weighted by Crippen LogP contribution is -2.20. The highest BCUT2D eigenvalue weighted by Crippen LogP contribution is 2.44. The number of anilines is 4. The fourth-order valence-corrected chi connectivity index (χ4v) is 9.38. The lowest BCUT2D eigenvalue weighted by molar-refractivity contribution is -0.385. The monoisotopic (exact) mass is 1060 g/mol. The molecule has 412 valence electrons. The first kappa shape index (κ1) is 57.6. The van der Waals surface area contributed by atoms with Crippen molar-refractivity contribution in [2.24, 2.45) is 0 Å². The van der Waals surface area contributed by atoms with E-state index in [1.54, 1.807) is 0 Å². The number of benzene rings is 6. The van der Waals surface area contributed by atoms with Gasteiger partial charge >= 0.3 is 12.1 Å². The predicted octanol–water partition coefficient (Wildman–Crippen LogP) is 15.2. The lowest BCUT2D eigenvalue weighted by Gasteiger charge is -2.28. The quantitative estimate of drug-likeness (QED) is 0.0472. The van der Waals surface area contributed by atoms with Crippen LogP contribution in [0.25, 0.3) is 0 Å². The predicted molar refractivity (Wildman–Crippen MR) is 309 cm³/mol. The fraction of sp³-hybridized carbons (Fsp3) is 0.387. The number of carbonyl (C=O) groups is 2. The third-order valence-corrected chi connectivity index (χ3v) is 13.2. The Balaban J connectivity index is 1.51. The summed E-state index contributed by atoms with van der Waals surface area (Å²) < 4.78 is 27.5. The molecule has 16 heteroatoms. The van der Waals surface area contributed by atoms with E-state index in [9.17, 15) is 29.8 Å².